The molecular formula is C15H30N2. The van der Waals surface area contributed by atoms with E-state index in [1.54, 1.807) is 0 Å². The van der Waals surface area contributed by atoms with Gasteiger partial charge in [0.1, 0.15) is 0 Å². The van der Waals surface area contributed by atoms with Gasteiger partial charge in [-0.25, -0.2) is 0 Å². The van der Waals surface area contributed by atoms with Gasteiger partial charge in [0.15, 0.2) is 0 Å². The monoisotopic (exact) mass is 238 g/mol. The fraction of sp³-hybridized carbons (Fsp3) is 1.00. The van der Waals surface area contributed by atoms with E-state index in [0.29, 0.717) is 17.5 Å². The van der Waals surface area contributed by atoms with E-state index in [2.05, 4.69) is 32.6 Å². The van der Waals surface area contributed by atoms with Crippen LogP contribution in [0.1, 0.15) is 59.8 Å². The van der Waals surface area contributed by atoms with Gasteiger partial charge in [-0.2, -0.15) is 0 Å². The molecule has 1 aliphatic carbocycles. The number of nitrogens with zero attached hydrogens (tertiary/aromatic N) is 1. The van der Waals surface area contributed by atoms with E-state index in [0.717, 1.165) is 12.0 Å². The second-order valence-corrected chi connectivity index (χ2v) is 7.35. The van der Waals surface area contributed by atoms with Crippen LogP contribution in [0.5, 0.6) is 0 Å². The topological polar surface area (TPSA) is 29.3 Å². The lowest BCUT2D eigenvalue weighted by Gasteiger charge is -2.49. The van der Waals surface area contributed by atoms with Gasteiger partial charge >= 0.3 is 0 Å². The van der Waals surface area contributed by atoms with E-state index in [4.69, 9.17) is 5.73 Å². The molecule has 100 valence electrons. The molecule has 0 amide bonds. The number of rotatable bonds is 1. The van der Waals surface area contributed by atoms with Gasteiger partial charge in [0.05, 0.1) is 0 Å². The number of piperidine rings is 1. The summed E-state index contributed by atoms with van der Waals surface area (Å²) in [6, 6.07) is 1.75. The van der Waals surface area contributed by atoms with Crippen LogP contribution in [-0.2, 0) is 0 Å². The van der Waals surface area contributed by atoms with Crippen molar-refractivity contribution < 1.29 is 0 Å². The summed E-state index contributed by atoms with van der Waals surface area (Å²) in [7, 11) is 0. The number of likely N-dealkylation sites (tertiary alicyclic amines) is 1. The quantitative estimate of drug-likeness (QED) is 0.761. The molecule has 1 saturated carbocycles. The van der Waals surface area contributed by atoms with Crippen molar-refractivity contribution in [3.8, 4) is 0 Å². The molecule has 1 heterocycles. The van der Waals surface area contributed by atoms with E-state index in [1.807, 2.05) is 0 Å². The fourth-order valence-electron chi connectivity index (χ4n) is 3.85. The SMILES string of the molecule is CC1CCN(C2CC(C)(C)CCC2N)C(C)C1. The molecule has 2 N–H and O–H groups in total. The molecule has 2 heteroatoms. The summed E-state index contributed by atoms with van der Waals surface area (Å²) in [6.07, 6.45) is 6.49. The third-order valence-corrected chi connectivity index (χ3v) is 5.03. The average Bonchev–Trinajstić information content (AvgIpc) is 2.22. The van der Waals surface area contributed by atoms with Crippen molar-refractivity contribution in [2.75, 3.05) is 6.54 Å². The highest BCUT2D eigenvalue weighted by atomic mass is 15.2. The van der Waals surface area contributed by atoms with Crippen molar-refractivity contribution in [3.05, 3.63) is 0 Å². The zero-order valence-corrected chi connectivity index (χ0v) is 12.1. The van der Waals surface area contributed by atoms with Crippen LogP contribution in [0.4, 0.5) is 0 Å². The van der Waals surface area contributed by atoms with E-state index >= 15 is 0 Å². The molecule has 1 saturated heterocycles. The Kier molecular flexibility index (Phi) is 3.84. The second-order valence-electron chi connectivity index (χ2n) is 7.35. The van der Waals surface area contributed by atoms with Crippen molar-refractivity contribution in [1.82, 2.24) is 4.90 Å². The van der Waals surface area contributed by atoms with Gasteiger partial charge in [-0.3, -0.25) is 4.90 Å². The Balaban J connectivity index is 2.04. The summed E-state index contributed by atoms with van der Waals surface area (Å²) in [5.41, 5.74) is 6.88. The zero-order valence-electron chi connectivity index (χ0n) is 12.1. The largest absolute Gasteiger partial charge is 0.326 e. The second kappa shape index (κ2) is 4.89. The van der Waals surface area contributed by atoms with E-state index < -0.39 is 0 Å². The van der Waals surface area contributed by atoms with E-state index in [1.165, 1.54) is 38.6 Å². The molecule has 0 radical (unpaired) electrons. The van der Waals surface area contributed by atoms with Crippen LogP contribution < -0.4 is 5.73 Å². The lowest BCUT2D eigenvalue weighted by atomic mass is 9.72. The highest BCUT2D eigenvalue weighted by Crippen LogP contribution is 2.39. The summed E-state index contributed by atoms with van der Waals surface area (Å²) < 4.78 is 0. The van der Waals surface area contributed by atoms with Gasteiger partial charge in [-0.05, 0) is 56.9 Å². The van der Waals surface area contributed by atoms with Crippen LogP contribution in [0, 0.1) is 11.3 Å². The third kappa shape index (κ3) is 3.03. The van der Waals surface area contributed by atoms with Crippen LogP contribution in [0.25, 0.3) is 0 Å². The zero-order chi connectivity index (χ0) is 12.6. The Morgan fingerprint density at radius 2 is 1.88 bits per heavy atom. The molecule has 2 aliphatic rings. The Hall–Kier alpha value is -0.0800. The van der Waals surface area contributed by atoms with Gasteiger partial charge in [-0.15, -0.1) is 0 Å². The van der Waals surface area contributed by atoms with Gasteiger partial charge in [-0.1, -0.05) is 20.8 Å². The molecule has 2 fully saturated rings. The first-order valence-corrected chi connectivity index (χ1v) is 7.40. The molecule has 2 nitrogen and oxygen atoms in total. The van der Waals surface area contributed by atoms with Crippen LogP contribution in [-0.4, -0.2) is 29.6 Å². The molecule has 0 bridgehead atoms. The molecule has 4 unspecified atom stereocenters. The first kappa shape index (κ1) is 13.4. The van der Waals surface area contributed by atoms with Gasteiger partial charge < -0.3 is 5.73 Å². The summed E-state index contributed by atoms with van der Waals surface area (Å²) in [5.74, 6) is 0.897. The van der Waals surface area contributed by atoms with Crippen LogP contribution in [0.3, 0.4) is 0 Å². The van der Waals surface area contributed by atoms with Gasteiger partial charge in [0.2, 0.25) is 0 Å². The van der Waals surface area contributed by atoms with E-state index in [9.17, 15) is 0 Å². The van der Waals surface area contributed by atoms with Crippen LogP contribution in [0.15, 0.2) is 0 Å². The maximum absolute atomic E-state index is 6.39. The average molecular weight is 238 g/mol. The molecular weight excluding hydrogens is 208 g/mol. The lowest BCUT2D eigenvalue weighted by molar-refractivity contribution is 0.0209. The fourth-order valence-corrected chi connectivity index (χ4v) is 3.85. The lowest BCUT2D eigenvalue weighted by Crippen LogP contribution is -2.57. The molecule has 2 rings (SSSR count). The minimum Gasteiger partial charge on any atom is -0.326 e. The molecule has 0 aromatic rings. The highest BCUT2D eigenvalue weighted by Gasteiger charge is 2.39. The maximum atomic E-state index is 6.39. The maximum Gasteiger partial charge on any atom is 0.0255 e. The number of hydrogen-bond donors (Lipinski definition) is 1. The number of nitrogens with two attached hydrogens (primary N) is 1. The highest BCUT2D eigenvalue weighted by molar-refractivity contribution is 4.95. The summed E-state index contributed by atoms with van der Waals surface area (Å²) in [4.78, 5) is 2.71. The number of hydrogen-bond acceptors (Lipinski definition) is 2. The Morgan fingerprint density at radius 3 is 2.53 bits per heavy atom. The van der Waals surface area contributed by atoms with Gasteiger partial charge in [0.25, 0.3) is 0 Å². The summed E-state index contributed by atoms with van der Waals surface area (Å²) in [5, 5.41) is 0. The van der Waals surface area contributed by atoms with Gasteiger partial charge in [0, 0.05) is 18.1 Å². The Bertz CT molecular complexity index is 262. The van der Waals surface area contributed by atoms with Crippen molar-refractivity contribution in [2.45, 2.75) is 77.9 Å². The molecule has 17 heavy (non-hydrogen) atoms. The van der Waals surface area contributed by atoms with Crippen molar-refractivity contribution in [3.63, 3.8) is 0 Å². The van der Waals surface area contributed by atoms with Crippen molar-refractivity contribution in [1.29, 1.82) is 0 Å². The summed E-state index contributed by atoms with van der Waals surface area (Å²) >= 11 is 0. The first-order chi connectivity index (χ1) is 7.89. The van der Waals surface area contributed by atoms with E-state index in [-0.39, 0.29) is 0 Å². The normalized spacial score (nSPS) is 43.6. The van der Waals surface area contributed by atoms with Crippen molar-refractivity contribution in [2.24, 2.45) is 17.1 Å². The molecule has 4 atom stereocenters. The Labute approximate surface area is 107 Å². The smallest absolute Gasteiger partial charge is 0.0255 e. The Morgan fingerprint density at radius 1 is 1.18 bits per heavy atom. The minimum absolute atomic E-state index is 0.402. The van der Waals surface area contributed by atoms with Crippen LogP contribution in [0.2, 0.25) is 0 Å². The third-order valence-electron chi connectivity index (χ3n) is 5.03. The van der Waals surface area contributed by atoms with Crippen molar-refractivity contribution >= 4 is 0 Å². The summed E-state index contributed by atoms with van der Waals surface area (Å²) in [6.45, 7) is 10.9. The molecule has 0 spiro atoms. The minimum atomic E-state index is 0.402. The van der Waals surface area contributed by atoms with Crippen LogP contribution >= 0.6 is 0 Å². The molecule has 0 aromatic heterocycles. The standard InChI is InChI=1S/C15H30N2/c1-11-6-8-17(12(2)9-11)14-10-15(3,4)7-5-13(14)16/h11-14H,5-10,16H2,1-4H3. The predicted octanol–water partition coefficient (Wildman–Crippen LogP) is 3.01. The first-order valence-electron chi connectivity index (χ1n) is 7.40. The molecule has 0 aromatic carbocycles. The molecule has 1 aliphatic heterocycles. The predicted molar refractivity (Wildman–Crippen MR) is 74.0 cm³/mol.